The lowest BCUT2D eigenvalue weighted by atomic mass is 10.2. The summed E-state index contributed by atoms with van der Waals surface area (Å²) in [6, 6.07) is 14.0. The van der Waals surface area contributed by atoms with Crippen molar-refractivity contribution in [1.29, 1.82) is 0 Å². The van der Waals surface area contributed by atoms with Crippen LogP contribution in [-0.4, -0.2) is 38.7 Å². The van der Waals surface area contributed by atoms with Crippen molar-refractivity contribution < 1.29 is 19.1 Å². The van der Waals surface area contributed by atoms with Crippen LogP contribution in [0.1, 0.15) is 24.2 Å². The van der Waals surface area contributed by atoms with Gasteiger partial charge in [-0.2, -0.15) is 0 Å². The van der Waals surface area contributed by atoms with E-state index in [1.807, 2.05) is 45.0 Å². The number of amides is 1. The standard InChI is InChI=1S/C20H24N2O4/c1-14(2)26-18-11-5-15(6-12-18)20(24)25-13-19(23)21-16-7-9-17(10-8-16)22(3)4/h5-12,14H,13H2,1-4H3,(H,21,23). The van der Waals surface area contributed by atoms with Gasteiger partial charge in [0, 0.05) is 25.5 Å². The minimum atomic E-state index is -0.556. The second kappa shape index (κ2) is 8.89. The molecule has 0 bridgehead atoms. The normalized spacial score (nSPS) is 10.3. The Balaban J connectivity index is 1.83. The average Bonchev–Trinajstić information content (AvgIpc) is 2.60. The Bertz CT molecular complexity index is 737. The SMILES string of the molecule is CC(C)Oc1ccc(C(=O)OCC(=O)Nc2ccc(N(C)C)cc2)cc1. The molecule has 0 heterocycles. The van der Waals surface area contributed by atoms with Crippen LogP contribution in [0, 0.1) is 0 Å². The third-order valence-corrected chi connectivity index (χ3v) is 3.46. The Hall–Kier alpha value is -3.02. The zero-order chi connectivity index (χ0) is 19.1. The fourth-order valence-corrected chi connectivity index (χ4v) is 2.20. The summed E-state index contributed by atoms with van der Waals surface area (Å²) in [6.07, 6.45) is 0.0586. The van der Waals surface area contributed by atoms with Gasteiger partial charge in [-0.3, -0.25) is 4.79 Å². The van der Waals surface area contributed by atoms with Gasteiger partial charge < -0.3 is 19.7 Å². The highest BCUT2D eigenvalue weighted by molar-refractivity contribution is 5.95. The van der Waals surface area contributed by atoms with Gasteiger partial charge in [-0.05, 0) is 62.4 Å². The van der Waals surface area contributed by atoms with Gasteiger partial charge in [0.25, 0.3) is 5.91 Å². The molecule has 0 atom stereocenters. The molecule has 0 aliphatic carbocycles. The first kappa shape index (κ1) is 19.3. The predicted molar refractivity (Wildman–Crippen MR) is 102 cm³/mol. The first-order chi connectivity index (χ1) is 12.3. The molecule has 2 aromatic carbocycles. The maximum Gasteiger partial charge on any atom is 0.338 e. The van der Waals surface area contributed by atoms with E-state index in [2.05, 4.69) is 5.32 Å². The van der Waals surface area contributed by atoms with Gasteiger partial charge in [-0.25, -0.2) is 4.79 Å². The molecule has 26 heavy (non-hydrogen) atoms. The van der Waals surface area contributed by atoms with Crippen LogP contribution in [0.3, 0.4) is 0 Å². The molecule has 1 N–H and O–H groups in total. The monoisotopic (exact) mass is 356 g/mol. The van der Waals surface area contributed by atoms with Crippen molar-refractivity contribution in [1.82, 2.24) is 0 Å². The molecule has 0 aromatic heterocycles. The molecule has 2 rings (SSSR count). The molecule has 0 unspecified atom stereocenters. The van der Waals surface area contributed by atoms with Crippen molar-refractivity contribution in [2.24, 2.45) is 0 Å². The van der Waals surface area contributed by atoms with Crippen LogP contribution in [0.5, 0.6) is 5.75 Å². The summed E-state index contributed by atoms with van der Waals surface area (Å²) >= 11 is 0. The number of carbonyl (C=O) groups is 2. The minimum absolute atomic E-state index is 0.0586. The molecule has 138 valence electrons. The molecule has 0 saturated carbocycles. The van der Waals surface area contributed by atoms with E-state index in [1.165, 1.54) is 0 Å². The van der Waals surface area contributed by atoms with Gasteiger partial charge in [-0.1, -0.05) is 0 Å². The van der Waals surface area contributed by atoms with Crippen LogP contribution in [0.2, 0.25) is 0 Å². The third kappa shape index (κ3) is 5.81. The quantitative estimate of drug-likeness (QED) is 0.771. The summed E-state index contributed by atoms with van der Waals surface area (Å²) in [5.74, 6) is -0.273. The lowest BCUT2D eigenvalue weighted by Gasteiger charge is -2.13. The summed E-state index contributed by atoms with van der Waals surface area (Å²) in [5, 5.41) is 2.69. The Morgan fingerprint density at radius 2 is 1.62 bits per heavy atom. The molecule has 0 radical (unpaired) electrons. The van der Waals surface area contributed by atoms with E-state index in [9.17, 15) is 9.59 Å². The Morgan fingerprint density at radius 1 is 1.00 bits per heavy atom. The summed E-state index contributed by atoms with van der Waals surface area (Å²) in [6.45, 7) is 3.50. The van der Waals surface area contributed by atoms with E-state index < -0.39 is 11.9 Å². The summed E-state index contributed by atoms with van der Waals surface area (Å²) < 4.78 is 10.6. The number of carbonyl (C=O) groups excluding carboxylic acids is 2. The Kier molecular flexibility index (Phi) is 6.60. The number of anilines is 2. The zero-order valence-electron chi connectivity index (χ0n) is 15.5. The van der Waals surface area contributed by atoms with Crippen molar-refractivity contribution in [2.45, 2.75) is 20.0 Å². The van der Waals surface area contributed by atoms with Gasteiger partial charge >= 0.3 is 5.97 Å². The predicted octanol–water partition coefficient (Wildman–Crippen LogP) is 3.34. The maximum atomic E-state index is 12.0. The number of hydrogen-bond donors (Lipinski definition) is 1. The second-order valence-corrected chi connectivity index (χ2v) is 6.26. The van der Waals surface area contributed by atoms with Crippen molar-refractivity contribution in [3.05, 3.63) is 54.1 Å². The number of nitrogens with zero attached hydrogens (tertiary/aromatic N) is 1. The molecular weight excluding hydrogens is 332 g/mol. The number of ether oxygens (including phenoxy) is 2. The fraction of sp³-hybridized carbons (Fsp3) is 0.300. The molecule has 0 saturated heterocycles. The Labute approximate surface area is 153 Å². The minimum Gasteiger partial charge on any atom is -0.491 e. The summed E-state index contributed by atoms with van der Waals surface area (Å²) in [7, 11) is 3.88. The van der Waals surface area contributed by atoms with E-state index in [0.29, 0.717) is 17.0 Å². The van der Waals surface area contributed by atoms with Crippen molar-refractivity contribution >= 4 is 23.3 Å². The van der Waals surface area contributed by atoms with Crippen molar-refractivity contribution in [2.75, 3.05) is 30.9 Å². The maximum absolute atomic E-state index is 12.0. The summed E-state index contributed by atoms with van der Waals surface area (Å²) in [5.41, 5.74) is 2.04. The van der Waals surface area contributed by atoms with Crippen LogP contribution in [0.25, 0.3) is 0 Å². The molecule has 0 aliphatic heterocycles. The topological polar surface area (TPSA) is 67.9 Å². The first-order valence-electron chi connectivity index (χ1n) is 8.36. The van der Waals surface area contributed by atoms with Crippen LogP contribution >= 0.6 is 0 Å². The van der Waals surface area contributed by atoms with Gasteiger partial charge in [0.15, 0.2) is 6.61 Å². The molecule has 2 aromatic rings. The lowest BCUT2D eigenvalue weighted by Crippen LogP contribution is -2.21. The van der Waals surface area contributed by atoms with Crippen LogP contribution in [-0.2, 0) is 9.53 Å². The van der Waals surface area contributed by atoms with E-state index in [1.54, 1.807) is 36.4 Å². The summed E-state index contributed by atoms with van der Waals surface area (Å²) in [4.78, 5) is 25.9. The van der Waals surface area contributed by atoms with Gasteiger partial charge in [0.1, 0.15) is 5.75 Å². The van der Waals surface area contributed by atoms with Gasteiger partial charge in [-0.15, -0.1) is 0 Å². The van der Waals surface area contributed by atoms with Crippen LogP contribution < -0.4 is 15.0 Å². The van der Waals surface area contributed by atoms with E-state index in [0.717, 1.165) is 5.69 Å². The number of benzene rings is 2. The molecular formula is C20H24N2O4. The molecule has 6 heteroatoms. The molecule has 0 spiro atoms. The number of esters is 1. The first-order valence-corrected chi connectivity index (χ1v) is 8.36. The Morgan fingerprint density at radius 3 is 2.15 bits per heavy atom. The molecule has 1 amide bonds. The van der Waals surface area contributed by atoms with Crippen molar-refractivity contribution in [3.8, 4) is 5.75 Å². The van der Waals surface area contributed by atoms with Crippen molar-refractivity contribution in [3.63, 3.8) is 0 Å². The molecule has 0 aliphatic rings. The van der Waals surface area contributed by atoms with E-state index in [-0.39, 0.29) is 12.7 Å². The molecule has 0 fully saturated rings. The smallest absolute Gasteiger partial charge is 0.338 e. The van der Waals surface area contributed by atoms with Gasteiger partial charge in [0.2, 0.25) is 0 Å². The van der Waals surface area contributed by atoms with E-state index >= 15 is 0 Å². The highest BCUT2D eigenvalue weighted by atomic mass is 16.5. The lowest BCUT2D eigenvalue weighted by molar-refractivity contribution is -0.119. The molecule has 6 nitrogen and oxygen atoms in total. The second-order valence-electron chi connectivity index (χ2n) is 6.26. The third-order valence-electron chi connectivity index (χ3n) is 3.46. The number of nitrogens with one attached hydrogen (secondary N) is 1. The van der Waals surface area contributed by atoms with Gasteiger partial charge in [0.05, 0.1) is 11.7 Å². The number of rotatable bonds is 7. The van der Waals surface area contributed by atoms with E-state index in [4.69, 9.17) is 9.47 Å². The average molecular weight is 356 g/mol. The largest absolute Gasteiger partial charge is 0.491 e. The highest BCUT2D eigenvalue weighted by Crippen LogP contribution is 2.16. The van der Waals surface area contributed by atoms with Crippen LogP contribution in [0.4, 0.5) is 11.4 Å². The van der Waals surface area contributed by atoms with Crippen LogP contribution in [0.15, 0.2) is 48.5 Å². The number of hydrogen-bond acceptors (Lipinski definition) is 5. The highest BCUT2D eigenvalue weighted by Gasteiger charge is 2.11. The zero-order valence-corrected chi connectivity index (χ0v) is 15.5. The fourth-order valence-electron chi connectivity index (χ4n) is 2.20.